The topological polar surface area (TPSA) is 94.2 Å². The third-order valence-electron chi connectivity index (χ3n) is 3.82. The molecule has 8 nitrogen and oxygen atoms in total. The van der Waals surface area contributed by atoms with E-state index in [9.17, 15) is 13.2 Å². The second kappa shape index (κ2) is 7.97. The molecule has 0 aromatic heterocycles. The van der Waals surface area contributed by atoms with Crippen LogP contribution in [-0.2, 0) is 14.8 Å². The van der Waals surface area contributed by atoms with Crippen molar-refractivity contribution in [2.24, 2.45) is 0 Å². The average Bonchev–Trinajstić information content (AvgIpc) is 3.06. The second-order valence-electron chi connectivity index (χ2n) is 6.55. The van der Waals surface area contributed by atoms with E-state index >= 15 is 0 Å². The monoisotopic (exact) mass is 406 g/mol. The van der Waals surface area contributed by atoms with Gasteiger partial charge in [-0.3, -0.25) is 9.10 Å². The van der Waals surface area contributed by atoms with Crippen molar-refractivity contribution in [3.63, 3.8) is 0 Å². The third kappa shape index (κ3) is 4.86. The molecule has 3 rings (SSSR count). The number of hydrogen-bond acceptors (Lipinski definition) is 6. The van der Waals surface area contributed by atoms with Crippen molar-refractivity contribution in [2.75, 3.05) is 29.2 Å². The fraction of sp³-hybridized carbons (Fsp3) is 0.316. The summed E-state index contributed by atoms with van der Waals surface area (Å²) in [4.78, 5) is 12.5. The Labute approximate surface area is 164 Å². The Balaban J connectivity index is 1.77. The van der Waals surface area contributed by atoms with Crippen molar-refractivity contribution in [3.05, 3.63) is 42.5 Å². The molecule has 0 spiro atoms. The van der Waals surface area contributed by atoms with Crippen LogP contribution in [0.25, 0.3) is 0 Å². The summed E-state index contributed by atoms with van der Waals surface area (Å²) in [5, 5.41) is 2.68. The van der Waals surface area contributed by atoms with Gasteiger partial charge in [0.2, 0.25) is 22.7 Å². The predicted octanol–water partition coefficient (Wildman–Crippen LogP) is 2.61. The fourth-order valence-electron chi connectivity index (χ4n) is 2.69. The Bertz CT molecular complexity index is 974. The van der Waals surface area contributed by atoms with Crippen molar-refractivity contribution >= 4 is 27.3 Å². The molecule has 1 N–H and O–H groups in total. The Morgan fingerprint density at radius 3 is 2.64 bits per heavy atom. The quantitative estimate of drug-likeness (QED) is 0.760. The maximum atomic E-state index is 12.5. The molecule has 0 unspecified atom stereocenters. The van der Waals surface area contributed by atoms with E-state index < -0.39 is 15.9 Å². The highest BCUT2D eigenvalue weighted by atomic mass is 32.2. The van der Waals surface area contributed by atoms with E-state index in [1.54, 1.807) is 42.5 Å². The van der Waals surface area contributed by atoms with Crippen LogP contribution in [0.4, 0.5) is 11.4 Å². The zero-order valence-electron chi connectivity index (χ0n) is 15.8. The molecular weight excluding hydrogens is 384 g/mol. The maximum Gasteiger partial charge on any atom is 0.245 e. The lowest BCUT2D eigenvalue weighted by atomic mass is 10.2. The van der Waals surface area contributed by atoms with Gasteiger partial charge in [-0.15, -0.1) is 0 Å². The van der Waals surface area contributed by atoms with E-state index in [0.717, 1.165) is 10.6 Å². The molecule has 2 aromatic carbocycles. The van der Waals surface area contributed by atoms with Gasteiger partial charge in [0, 0.05) is 17.8 Å². The van der Waals surface area contributed by atoms with Crippen LogP contribution in [0.1, 0.15) is 13.8 Å². The van der Waals surface area contributed by atoms with Crippen molar-refractivity contribution in [2.45, 2.75) is 20.0 Å². The first kappa shape index (κ1) is 19.8. The third-order valence-corrected chi connectivity index (χ3v) is 4.96. The molecule has 0 fully saturated rings. The summed E-state index contributed by atoms with van der Waals surface area (Å²) in [6.45, 7) is 3.50. The standard InChI is InChI=1S/C19H22N2O6S/c1-13(2)27-16-6-4-5-15(10-16)21(28(3,23)24)11-19(22)20-14-7-8-17-18(9-14)26-12-25-17/h4-10,13H,11-12H2,1-3H3,(H,20,22). The number of ether oxygens (including phenoxy) is 3. The number of nitrogens with zero attached hydrogens (tertiary/aromatic N) is 1. The molecule has 2 aromatic rings. The lowest BCUT2D eigenvalue weighted by molar-refractivity contribution is -0.114. The number of fused-ring (bicyclic) bond motifs is 1. The Hall–Kier alpha value is -2.94. The van der Waals surface area contributed by atoms with E-state index in [0.29, 0.717) is 28.6 Å². The van der Waals surface area contributed by atoms with Gasteiger partial charge < -0.3 is 19.5 Å². The molecule has 1 amide bonds. The molecule has 1 aliphatic heterocycles. The van der Waals surface area contributed by atoms with Crippen LogP contribution in [0.2, 0.25) is 0 Å². The molecule has 0 saturated carbocycles. The molecule has 0 bridgehead atoms. The first-order valence-corrected chi connectivity index (χ1v) is 10.5. The molecule has 0 atom stereocenters. The highest BCUT2D eigenvalue weighted by Gasteiger charge is 2.22. The summed E-state index contributed by atoms with van der Waals surface area (Å²) >= 11 is 0. The van der Waals surface area contributed by atoms with Gasteiger partial charge in [-0.1, -0.05) is 6.07 Å². The van der Waals surface area contributed by atoms with Crippen molar-refractivity contribution in [3.8, 4) is 17.2 Å². The molecule has 0 saturated heterocycles. The van der Waals surface area contributed by atoms with Crippen LogP contribution in [-0.4, -0.2) is 40.0 Å². The first-order chi connectivity index (χ1) is 13.2. The van der Waals surface area contributed by atoms with Gasteiger partial charge in [0.25, 0.3) is 0 Å². The number of sulfonamides is 1. The van der Waals surface area contributed by atoms with Gasteiger partial charge >= 0.3 is 0 Å². The molecule has 0 aliphatic carbocycles. The zero-order chi connectivity index (χ0) is 20.3. The molecule has 1 heterocycles. The number of carbonyl (C=O) groups is 1. The largest absolute Gasteiger partial charge is 0.491 e. The minimum absolute atomic E-state index is 0.0590. The minimum Gasteiger partial charge on any atom is -0.491 e. The molecule has 1 aliphatic rings. The molecule has 9 heteroatoms. The van der Waals surface area contributed by atoms with E-state index in [2.05, 4.69) is 5.32 Å². The van der Waals surface area contributed by atoms with E-state index in [-0.39, 0.29) is 19.4 Å². The van der Waals surface area contributed by atoms with Gasteiger partial charge in [0.15, 0.2) is 11.5 Å². The van der Waals surface area contributed by atoms with Crippen LogP contribution in [0.5, 0.6) is 17.2 Å². The summed E-state index contributed by atoms with van der Waals surface area (Å²) < 4.78 is 41.7. The van der Waals surface area contributed by atoms with E-state index in [4.69, 9.17) is 14.2 Å². The molecule has 150 valence electrons. The normalized spacial score (nSPS) is 12.7. The zero-order valence-corrected chi connectivity index (χ0v) is 16.7. The number of nitrogens with one attached hydrogen (secondary N) is 1. The Morgan fingerprint density at radius 2 is 1.93 bits per heavy atom. The second-order valence-corrected chi connectivity index (χ2v) is 8.46. The highest BCUT2D eigenvalue weighted by molar-refractivity contribution is 7.92. The summed E-state index contributed by atoms with van der Waals surface area (Å²) in [6, 6.07) is 11.6. The number of amides is 1. The van der Waals surface area contributed by atoms with Crippen LogP contribution >= 0.6 is 0 Å². The van der Waals surface area contributed by atoms with Crippen molar-refractivity contribution < 1.29 is 27.4 Å². The van der Waals surface area contributed by atoms with Crippen LogP contribution < -0.4 is 23.8 Å². The van der Waals surface area contributed by atoms with Gasteiger partial charge in [-0.2, -0.15) is 0 Å². The summed E-state index contributed by atoms with van der Waals surface area (Å²) in [7, 11) is -3.69. The van der Waals surface area contributed by atoms with Gasteiger partial charge in [0.05, 0.1) is 18.0 Å². The number of rotatable bonds is 7. The summed E-state index contributed by atoms with van der Waals surface area (Å²) in [6.07, 6.45) is 0.993. The van der Waals surface area contributed by atoms with E-state index in [1.807, 2.05) is 13.8 Å². The van der Waals surface area contributed by atoms with Gasteiger partial charge in [-0.25, -0.2) is 8.42 Å². The molecule has 28 heavy (non-hydrogen) atoms. The average molecular weight is 406 g/mol. The lowest BCUT2D eigenvalue weighted by Gasteiger charge is -2.22. The SMILES string of the molecule is CC(C)Oc1cccc(N(CC(=O)Nc2ccc3c(c2)OCO3)S(C)(=O)=O)c1. The summed E-state index contributed by atoms with van der Waals surface area (Å²) in [5.41, 5.74) is 0.834. The highest BCUT2D eigenvalue weighted by Crippen LogP contribution is 2.34. The van der Waals surface area contributed by atoms with Crippen LogP contribution in [0.3, 0.4) is 0 Å². The van der Waals surface area contributed by atoms with Crippen molar-refractivity contribution in [1.29, 1.82) is 0 Å². The van der Waals surface area contributed by atoms with Crippen molar-refractivity contribution in [1.82, 2.24) is 0 Å². The lowest BCUT2D eigenvalue weighted by Crippen LogP contribution is -2.37. The minimum atomic E-state index is -3.69. The summed E-state index contributed by atoms with van der Waals surface area (Å²) in [5.74, 6) is 1.16. The first-order valence-electron chi connectivity index (χ1n) is 8.66. The van der Waals surface area contributed by atoms with Gasteiger partial charge in [-0.05, 0) is 38.1 Å². The molecular formula is C19H22N2O6S. The van der Waals surface area contributed by atoms with Crippen LogP contribution in [0, 0.1) is 0 Å². The number of carbonyl (C=O) groups excluding carboxylic acids is 1. The maximum absolute atomic E-state index is 12.5. The molecule has 0 radical (unpaired) electrons. The number of anilines is 2. The number of benzene rings is 2. The smallest absolute Gasteiger partial charge is 0.245 e. The Morgan fingerprint density at radius 1 is 1.18 bits per heavy atom. The number of hydrogen-bond donors (Lipinski definition) is 1. The predicted molar refractivity (Wildman–Crippen MR) is 106 cm³/mol. The van der Waals surface area contributed by atoms with Gasteiger partial charge in [0.1, 0.15) is 12.3 Å². The fourth-order valence-corrected chi connectivity index (χ4v) is 3.54. The van der Waals surface area contributed by atoms with E-state index in [1.165, 1.54) is 0 Å². The Kier molecular flexibility index (Phi) is 5.64. The van der Waals surface area contributed by atoms with Crippen LogP contribution in [0.15, 0.2) is 42.5 Å².